The zero-order valence-electron chi connectivity index (χ0n) is 14.9. The topological polar surface area (TPSA) is 74.3 Å². The Morgan fingerprint density at radius 3 is 2.56 bits per heavy atom. The highest BCUT2D eigenvalue weighted by Crippen LogP contribution is 2.16. The summed E-state index contributed by atoms with van der Waals surface area (Å²) in [4.78, 5) is 29.8. The van der Waals surface area contributed by atoms with Crippen molar-refractivity contribution in [2.45, 2.75) is 13.3 Å². The SMILES string of the molecule is CC(=O)c1cccc(Nc2ccc(C(=O)NCCCN(C)C)cn2)c1. The van der Waals surface area contributed by atoms with Crippen molar-refractivity contribution in [1.82, 2.24) is 15.2 Å². The molecule has 0 saturated carbocycles. The van der Waals surface area contributed by atoms with Crippen molar-refractivity contribution in [2.24, 2.45) is 0 Å². The van der Waals surface area contributed by atoms with Crippen LogP contribution in [0.15, 0.2) is 42.6 Å². The fraction of sp³-hybridized carbons (Fsp3) is 0.316. The highest BCUT2D eigenvalue weighted by Gasteiger charge is 2.06. The molecule has 0 aliphatic carbocycles. The third kappa shape index (κ3) is 6.00. The van der Waals surface area contributed by atoms with Gasteiger partial charge in [0.2, 0.25) is 0 Å². The van der Waals surface area contributed by atoms with Gasteiger partial charge in [0.1, 0.15) is 5.82 Å². The molecular weight excluding hydrogens is 316 g/mol. The molecule has 2 rings (SSSR count). The lowest BCUT2D eigenvalue weighted by Crippen LogP contribution is -2.27. The van der Waals surface area contributed by atoms with Crippen LogP contribution in [0.25, 0.3) is 0 Å². The monoisotopic (exact) mass is 340 g/mol. The van der Waals surface area contributed by atoms with E-state index in [1.807, 2.05) is 26.2 Å². The average Bonchev–Trinajstić information content (AvgIpc) is 2.59. The molecular formula is C19H24N4O2. The van der Waals surface area contributed by atoms with Crippen LogP contribution in [-0.2, 0) is 0 Å². The van der Waals surface area contributed by atoms with Crippen molar-refractivity contribution in [2.75, 3.05) is 32.5 Å². The molecule has 0 spiro atoms. The first-order valence-corrected chi connectivity index (χ1v) is 8.22. The predicted molar refractivity (Wildman–Crippen MR) is 99.5 cm³/mol. The molecule has 2 N–H and O–H groups in total. The van der Waals surface area contributed by atoms with Gasteiger partial charge in [0.05, 0.1) is 5.56 Å². The van der Waals surface area contributed by atoms with Crippen LogP contribution in [0.3, 0.4) is 0 Å². The van der Waals surface area contributed by atoms with E-state index in [-0.39, 0.29) is 11.7 Å². The molecule has 0 aliphatic heterocycles. The predicted octanol–water partition coefficient (Wildman–Crippen LogP) is 2.71. The molecule has 6 nitrogen and oxygen atoms in total. The number of hydrogen-bond acceptors (Lipinski definition) is 5. The smallest absolute Gasteiger partial charge is 0.252 e. The Morgan fingerprint density at radius 2 is 1.92 bits per heavy atom. The summed E-state index contributed by atoms with van der Waals surface area (Å²) in [6.07, 6.45) is 2.44. The van der Waals surface area contributed by atoms with Crippen LogP contribution >= 0.6 is 0 Å². The Hall–Kier alpha value is -2.73. The molecule has 0 unspecified atom stereocenters. The maximum absolute atomic E-state index is 12.1. The van der Waals surface area contributed by atoms with E-state index in [2.05, 4.69) is 20.5 Å². The number of ketones is 1. The molecule has 0 saturated heterocycles. The van der Waals surface area contributed by atoms with Gasteiger partial charge in [0.15, 0.2) is 5.78 Å². The Morgan fingerprint density at radius 1 is 1.12 bits per heavy atom. The third-order valence-electron chi connectivity index (χ3n) is 3.63. The van der Waals surface area contributed by atoms with Gasteiger partial charge in [0, 0.05) is 24.0 Å². The molecule has 6 heteroatoms. The number of nitrogens with one attached hydrogen (secondary N) is 2. The van der Waals surface area contributed by atoms with E-state index in [4.69, 9.17) is 0 Å². The first-order chi connectivity index (χ1) is 12.0. The number of rotatable bonds is 8. The van der Waals surface area contributed by atoms with E-state index in [0.29, 0.717) is 23.5 Å². The lowest BCUT2D eigenvalue weighted by atomic mass is 10.1. The number of nitrogens with zero attached hydrogens (tertiary/aromatic N) is 2. The van der Waals surface area contributed by atoms with Gasteiger partial charge in [-0.3, -0.25) is 9.59 Å². The lowest BCUT2D eigenvalue weighted by Gasteiger charge is -2.10. The minimum Gasteiger partial charge on any atom is -0.352 e. The maximum atomic E-state index is 12.1. The molecule has 132 valence electrons. The van der Waals surface area contributed by atoms with Crippen molar-refractivity contribution >= 4 is 23.2 Å². The standard InChI is InChI=1S/C19H24N4O2/c1-14(24)15-6-4-7-17(12-15)22-18-9-8-16(13-21-18)19(25)20-10-5-11-23(2)3/h4,6-9,12-13H,5,10-11H2,1-3H3,(H,20,25)(H,21,22). The first-order valence-electron chi connectivity index (χ1n) is 8.22. The second-order valence-electron chi connectivity index (χ2n) is 6.11. The molecule has 2 aromatic rings. The summed E-state index contributed by atoms with van der Waals surface area (Å²) < 4.78 is 0. The minimum atomic E-state index is -0.128. The molecule has 1 amide bonds. The molecule has 1 aromatic carbocycles. The summed E-state index contributed by atoms with van der Waals surface area (Å²) in [7, 11) is 4.01. The minimum absolute atomic E-state index is 0.0119. The number of amides is 1. The molecule has 0 fully saturated rings. The molecule has 1 heterocycles. The molecule has 0 bridgehead atoms. The largest absolute Gasteiger partial charge is 0.352 e. The molecule has 1 aromatic heterocycles. The second-order valence-corrected chi connectivity index (χ2v) is 6.11. The second kappa shape index (κ2) is 8.94. The van der Waals surface area contributed by atoms with E-state index < -0.39 is 0 Å². The summed E-state index contributed by atoms with van der Waals surface area (Å²) in [5, 5.41) is 6.01. The molecule has 25 heavy (non-hydrogen) atoms. The highest BCUT2D eigenvalue weighted by molar-refractivity contribution is 5.95. The molecule has 0 aliphatic rings. The van der Waals surface area contributed by atoms with Crippen LogP contribution in [0.1, 0.15) is 34.1 Å². The van der Waals surface area contributed by atoms with Crippen molar-refractivity contribution in [3.8, 4) is 0 Å². The van der Waals surface area contributed by atoms with Crippen LogP contribution in [0.5, 0.6) is 0 Å². The van der Waals surface area contributed by atoms with E-state index in [1.165, 1.54) is 6.92 Å². The zero-order valence-corrected chi connectivity index (χ0v) is 14.9. The van der Waals surface area contributed by atoms with Gasteiger partial charge >= 0.3 is 0 Å². The first kappa shape index (κ1) is 18.6. The van der Waals surface area contributed by atoms with E-state index in [0.717, 1.165) is 18.7 Å². The number of carbonyl (C=O) groups excluding carboxylic acids is 2. The number of aromatic nitrogens is 1. The van der Waals surface area contributed by atoms with Gasteiger partial charge in [0.25, 0.3) is 5.91 Å². The Labute approximate surface area is 148 Å². The van der Waals surface area contributed by atoms with Crippen molar-refractivity contribution in [3.63, 3.8) is 0 Å². The number of benzene rings is 1. The Balaban J connectivity index is 1.92. The number of Topliss-reactive ketones (excluding diaryl/α,β-unsaturated/α-hetero) is 1. The van der Waals surface area contributed by atoms with Crippen LogP contribution < -0.4 is 10.6 Å². The number of hydrogen-bond donors (Lipinski definition) is 2. The number of anilines is 2. The number of carbonyl (C=O) groups is 2. The zero-order chi connectivity index (χ0) is 18.2. The van der Waals surface area contributed by atoms with Gasteiger partial charge in [-0.1, -0.05) is 12.1 Å². The number of pyridine rings is 1. The lowest BCUT2D eigenvalue weighted by molar-refractivity contribution is 0.0951. The average molecular weight is 340 g/mol. The fourth-order valence-electron chi connectivity index (χ4n) is 2.27. The van der Waals surface area contributed by atoms with Crippen LogP contribution in [0.2, 0.25) is 0 Å². The van der Waals surface area contributed by atoms with Gasteiger partial charge < -0.3 is 15.5 Å². The Bertz CT molecular complexity index is 726. The Kier molecular flexibility index (Phi) is 6.65. The molecule has 0 atom stereocenters. The van der Waals surface area contributed by atoms with Crippen molar-refractivity contribution < 1.29 is 9.59 Å². The van der Waals surface area contributed by atoms with Crippen molar-refractivity contribution in [3.05, 3.63) is 53.7 Å². The third-order valence-corrected chi connectivity index (χ3v) is 3.63. The highest BCUT2D eigenvalue weighted by atomic mass is 16.1. The van der Waals surface area contributed by atoms with E-state index >= 15 is 0 Å². The fourth-order valence-corrected chi connectivity index (χ4v) is 2.27. The molecule has 0 radical (unpaired) electrons. The van der Waals surface area contributed by atoms with Crippen LogP contribution in [0.4, 0.5) is 11.5 Å². The summed E-state index contributed by atoms with van der Waals surface area (Å²) in [6.45, 7) is 3.10. The normalized spacial score (nSPS) is 10.6. The maximum Gasteiger partial charge on any atom is 0.252 e. The van der Waals surface area contributed by atoms with Gasteiger partial charge in [-0.05, 0) is 58.3 Å². The van der Waals surface area contributed by atoms with Gasteiger partial charge in [-0.2, -0.15) is 0 Å². The summed E-state index contributed by atoms with van der Waals surface area (Å²) >= 11 is 0. The summed E-state index contributed by atoms with van der Waals surface area (Å²) in [5.41, 5.74) is 1.94. The van der Waals surface area contributed by atoms with E-state index in [1.54, 1.807) is 30.5 Å². The van der Waals surface area contributed by atoms with Gasteiger partial charge in [-0.15, -0.1) is 0 Å². The van der Waals surface area contributed by atoms with Crippen LogP contribution in [0, 0.1) is 0 Å². The summed E-state index contributed by atoms with van der Waals surface area (Å²) in [5.74, 6) is 0.499. The summed E-state index contributed by atoms with van der Waals surface area (Å²) in [6, 6.07) is 10.7. The van der Waals surface area contributed by atoms with Gasteiger partial charge in [-0.25, -0.2) is 4.98 Å². The van der Waals surface area contributed by atoms with E-state index in [9.17, 15) is 9.59 Å². The van der Waals surface area contributed by atoms with Crippen LogP contribution in [-0.4, -0.2) is 48.8 Å². The van der Waals surface area contributed by atoms with Crippen molar-refractivity contribution in [1.29, 1.82) is 0 Å². The quantitative estimate of drug-likeness (QED) is 0.571.